The lowest BCUT2D eigenvalue weighted by Crippen LogP contribution is -2.53. The minimum absolute atomic E-state index is 0.0182. The van der Waals surface area contributed by atoms with Crippen molar-refractivity contribution in [2.75, 3.05) is 39.7 Å². The van der Waals surface area contributed by atoms with Gasteiger partial charge in [0.15, 0.2) is 11.5 Å². The van der Waals surface area contributed by atoms with Crippen molar-refractivity contribution in [1.29, 1.82) is 0 Å². The summed E-state index contributed by atoms with van der Waals surface area (Å²) in [5.41, 5.74) is 3.06. The molecule has 0 saturated carbocycles. The Morgan fingerprint density at radius 3 is 1.78 bits per heavy atom. The standard InChI is InChI=1S/C26H28N2O4/c1-30-22-14-21(15-23(31-2)25(22)32-3)27-26(29)20-16-28(17-20)24(18-10-6-4-7-11-18)19-12-8-5-9-13-19/h4-15,20,24H,16-17H2,1-3H3,(H,27,29). The highest BCUT2D eigenvalue weighted by Gasteiger charge is 2.38. The molecule has 0 radical (unpaired) electrons. The molecule has 0 aliphatic carbocycles. The zero-order chi connectivity index (χ0) is 22.5. The number of carbonyl (C=O) groups is 1. The fourth-order valence-corrected chi connectivity index (χ4v) is 4.17. The van der Waals surface area contributed by atoms with Gasteiger partial charge in [-0.15, -0.1) is 0 Å². The summed E-state index contributed by atoms with van der Waals surface area (Å²) in [5.74, 6) is 1.40. The van der Waals surface area contributed by atoms with Gasteiger partial charge in [0.05, 0.1) is 33.3 Å². The molecule has 1 amide bonds. The van der Waals surface area contributed by atoms with Crippen LogP contribution in [0.15, 0.2) is 72.8 Å². The van der Waals surface area contributed by atoms with E-state index in [2.05, 4.69) is 58.7 Å². The number of methoxy groups -OCH3 is 3. The normalized spacial score (nSPS) is 14.0. The third-order valence-corrected chi connectivity index (χ3v) is 5.81. The molecule has 0 aromatic heterocycles. The molecule has 0 bridgehead atoms. The Labute approximate surface area is 188 Å². The molecule has 6 nitrogen and oxygen atoms in total. The van der Waals surface area contributed by atoms with Gasteiger partial charge in [0.25, 0.3) is 0 Å². The van der Waals surface area contributed by atoms with E-state index in [1.807, 2.05) is 12.1 Å². The quantitative estimate of drug-likeness (QED) is 0.573. The number of nitrogens with one attached hydrogen (secondary N) is 1. The molecule has 0 unspecified atom stereocenters. The van der Waals surface area contributed by atoms with E-state index in [1.54, 1.807) is 33.5 Å². The van der Waals surface area contributed by atoms with Crippen LogP contribution in [0.5, 0.6) is 17.2 Å². The first-order valence-corrected chi connectivity index (χ1v) is 10.6. The SMILES string of the molecule is COc1cc(NC(=O)C2CN(C(c3ccccc3)c3ccccc3)C2)cc(OC)c1OC. The van der Waals surface area contributed by atoms with Crippen LogP contribution in [-0.4, -0.2) is 45.2 Å². The lowest BCUT2D eigenvalue weighted by molar-refractivity contribution is -0.125. The number of hydrogen-bond donors (Lipinski definition) is 1. The van der Waals surface area contributed by atoms with E-state index in [1.165, 1.54) is 11.1 Å². The molecule has 1 aliphatic rings. The van der Waals surface area contributed by atoms with Crippen molar-refractivity contribution >= 4 is 11.6 Å². The molecular formula is C26H28N2O4. The Morgan fingerprint density at radius 2 is 1.34 bits per heavy atom. The summed E-state index contributed by atoms with van der Waals surface area (Å²) in [4.78, 5) is 15.3. The van der Waals surface area contributed by atoms with E-state index >= 15 is 0 Å². The van der Waals surface area contributed by atoms with Crippen molar-refractivity contribution < 1.29 is 19.0 Å². The minimum atomic E-state index is -0.0935. The molecular weight excluding hydrogens is 404 g/mol. The van der Waals surface area contributed by atoms with Crippen LogP contribution in [0, 0.1) is 5.92 Å². The molecule has 3 aromatic carbocycles. The summed E-state index contributed by atoms with van der Waals surface area (Å²) in [6, 6.07) is 24.4. The van der Waals surface area contributed by atoms with Gasteiger partial charge in [-0.1, -0.05) is 60.7 Å². The van der Waals surface area contributed by atoms with Gasteiger partial charge >= 0.3 is 0 Å². The molecule has 166 valence electrons. The molecule has 6 heteroatoms. The zero-order valence-corrected chi connectivity index (χ0v) is 18.6. The van der Waals surface area contributed by atoms with Gasteiger partial charge in [-0.3, -0.25) is 9.69 Å². The van der Waals surface area contributed by atoms with Crippen molar-refractivity contribution in [2.24, 2.45) is 5.92 Å². The summed E-state index contributed by atoms with van der Waals surface area (Å²) in [7, 11) is 4.66. The smallest absolute Gasteiger partial charge is 0.230 e. The number of anilines is 1. The molecule has 1 fully saturated rings. The first-order valence-electron chi connectivity index (χ1n) is 10.6. The monoisotopic (exact) mass is 432 g/mol. The Morgan fingerprint density at radius 1 is 0.844 bits per heavy atom. The predicted molar refractivity (Wildman–Crippen MR) is 125 cm³/mol. The van der Waals surface area contributed by atoms with Crippen molar-refractivity contribution in [3.05, 3.63) is 83.9 Å². The van der Waals surface area contributed by atoms with Crippen molar-refractivity contribution in [2.45, 2.75) is 6.04 Å². The molecule has 1 saturated heterocycles. The number of ether oxygens (including phenoxy) is 3. The third-order valence-electron chi connectivity index (χ3n) is 5.81. The second-order valence-corrected chi connectivity index (χ2v) is 7.78. The van der Waals surface area contributed by atoms with Crippen LogP contribution in [0.4, 0.5) is 5.69 Å². The largest absolute Gasteiger partial charge is 0.493 e. The first-order chi connectivity index (χ1) is 15.6. The van der Waals surface area contributed by atoms with Crippen LogP contribution in [0.25, 0.3) is 0 Å². The maximum atomic E-state index is 12.9. The van der Waals surface area contributed by atoms with Gasteiger partial charge in [0, 0.05) is 30.9 Å². The highest BCUT2D eigenvalue weighted by atomic mass is 16.5. The molecule has 3 aromatic rings. The minimum Gasteiger partial charge on any atom is -0.493 e. The number of hydrogen-bond acceptors (Lipinski definition) is 5. The van der Waals surface area contributed by atoms with Crippen LogP contribution < -0.4 is 19.5 Å². The van der Waals surface area contributed by atoms with Crippen LogP contribution in [0.3, 0.4) is 0 Å². The maximum absolute atomic E-state index is 12.9. The number of benzene rings is 3. The number of likely N-dealkylation sites (tertiary alicyclic amines) is 1. The van der Waals surface area contributed by atoms with Crippen LogP contribution in [-0.2, 0) is 4.79 Å². The van der Waals surface area contributed by atoms with Gasteiger partial charge in [-0.05, 0) is 11.1 Å². The Balaban J connectivity index is 1.47. The molecule has 0 spiro atoms. The van der Waals surface area contributed by atoms with E-state index in [9.17, 15) is 4.79 Å². The van der Waals surface area contributed by atoms with Crippen LogP contribution in [0.2, 0.25) is 0 Å². The summed E-state index contributed by atoms with van der Waals surface area (Å²) in [6.07, 6.45) is 0. The first kappa shape index (κ1) is 21.7. The van der Waals surface area contributed by atoms with E-state index in [-0.39, 0.29) is 17.9 Å². The Bertz CT molecular complexity index is 985. The van der Waals surface area contributed by atoms with E-state index in [0.29, 0.717) is 36.0 Å². The predicted octanol–water partition coefficient (Wildman–Crippen LogP) is 4.37. The summed E-state index contributed by atoms with van der Waals surface area (Å²) >= 11 is 0. The number of rotatable bonds is 8. The average Bonchev–Trinajstić information content (AvgIpc) is 2.81. The van der Waals surface area contributed by atoms with E-state index in [0.717, 1.165) is 0 Å². The molecule has 4 rings (SSSR count). The summed E-state index contributed by atoms with van der Waals surface area (Å²) in [5, 5.41) is 3.00. The topological polar surface area (TPSA) is 60.0 Å². The highest BCUT2D eigenvalue weighted by Crippen LogP contribution is 2.40. The fourth-order valence-electron chi connectivity index (χ4n) is 4.17. The number of carbonyl (C=O) groups excluding carboxylic acids is 1. The molecule has 0 atom stereocenters. The highest BCUT2D eigenvalue weighted by molar-refractivity contribution is 5.94. The van der Waals surface area contributed by atoms with Gasteiger partial charge < -0.3 is 19.5 Å². The van der Waals surface area contributed by atoms with Gasteiger partial charge in [-0.2, -0.15) is 0 Å². The summed E-state index contributed by atoms with van der Waals surface area (Å²) < 4.78 is 16.1. The Kier molecular flexibility index (Phi) is 6.61. The second kappa shape index (κ2) is 9.75. The van der Waals surface area contributed by atoms with Gasteiger partial charge in [0.1, 0.15) is 0 Å². The lowest BCUT2D eigenvalue weighted by Gasteiger charge is -2.44. The van der Waals surface area contributed by atoms with Crippen molar-refractivity contribution in [3.63, 3.8) is 0 Å². The van der Waals surface area contributed by atoms with E-state index < -0.39 is 0 Å². The number of amides is 1. The van der Waals surface area contributed by atoms with Gasteiger partial charge in [0.2, 0.25) is 11.7 Å². The number of nitrogens with zero attached hydrogens (tertiary/aromatic N) is 1. The molecule has 1 heterocycles. The molecule has 1 aliphatic heterocycles. The average molecular weight is 433 g/mol. The van der Waals surface area contributed by atoms with Crippen molar-refractivity contribution in [1.82, 2.24) is 4.90 Å². The molecule has 1 N–H and O–H groups in total. The fraction of sp³-hybridized carbons (Fsp3) is 0.269. The lowest BCUT2D eigenvalue weighted by atomic mass is 9.90. The Hall–Kier alpha value is -3.51. The summed E-state index contributed by atoms with van der Waals surface area (Å²) in [6.45, 7) is 1.37. The maximum Gasteiger partial charge on any atom is 0.230 e. The molecule has 32 heavy (non-hydrogen) atoms. The van der Waals surface area contributed by atoms with E-state index in [4.69, 9.17) is 14.2 Å². The second-order valence-electron chi connectivity index (χ2n) is 7.78. The third kappa shape index (κ3) is 4.41. The van der Waals surface area contributed by atoms with Crippen LogP contribution >= 0.6 is 0 Å². The van der Waals surface area contributed by atoms with Crippen molar-refractivity contribution in [3.8, 4) is 17.2 Å². The zero-order valence-electron chi connectivity index (χ0n) is 18.6. The van der Waals surface area contributed by atoms with Gasteiger partial charge in [-0.25, -0.2) is 0 Å². The van der Waals surface area contributed by atoms with Crippen LogP contribution in [0.1, 0.15) is 17.2 Å².